The number of nitrogens with one attached hydrogen (secondary N) is 1. The highest BCUT2D eigenvalue weighted by atomic mass is 16.6. The Morgan fingerprint density at radius 1 is 0.969 bits per heavy atom. The first-order valence-corrected chi connectivity index (χ1v) is 10.1. The number of nitro benzene ring substituents is 1. The van der Waals surface area contributed by atoms with Crippen LogP contribution in [-0.2, 0) is 6.54 Å². The van der Waals surface area contributed by atoms with E-state index in [1.54, 1.807) is 6.07 Å². The zero-order valence-electron chi connectivity index (χ0n) is 17.7. The maximum atomic E-state index is 13.5. The smallest absolute Gasteiger partial charge is 0.269 e. The van der Waals surface area contributed by atoms with E-state index >= 15 is 0 Å². The minimum Gasteiger partial charge on any atom is -0.321 e. The van der Waals surface area contributed by atoms with Crippen LogP contribution in [0.3, 0.4) is 0 Å². The van der Waals surface area contributed by atoms with Gasteiger partial charge in [0.15, 0.2) is 0 Å². The van der Waals surface area contributed by atoms with Crippen molar-refractivity contribution in [3.8, 4) is 0 Å². The predicted molar refractivity (Wildman–Crippen MR) is 124 cm³/mol. The molecule has 0 aliphatic carbocycles. The number of nitrogens with zero attached hydrogens (tertiary/aromatic N) is 2. The van der Waals surface area contributed by atoms with Gasteiger partial charge < -0.3 is 9.88 Å². The van der Waals surface area contributed by atoms with E-state index in [2.05, 4.69) is 4.98 Å². The Hall–Kier alpha value is -4.26. The molecular formula is C25H21N3O4. The summed E-state index contributed by atoms with van der Waals surface area (Å²) in [4.78, 5) is 41.2. The number of rotatable bonds is 5. The maximum Gasteiger partial charge on any atom is 0.269 e. The predicted octanol–water partition coefficient (Wildman–Crippen LogP) is 4.90. The Morgan fingerprint density at radius 3 is 2.34 bits per heavy atom. The minimum absolute atomic E-state index is 0.0554. The lowest BCUT2D eigenvalue weighted by Crippen LogP contribution is -2.33. The molecule has 4 rings (SSSR count). The van der Waals surface area contributed by atoms with Gasteiger partial charge in [-0.15, -0.1) is 0 Å². The molecule has 0 aliphatic rings. The van der Waals surface area contributed by atoms with E-state index in [4.69, 9.17) is 0 Å². The molecule has 7 heteroatoms. The second-order valence-corrected chi connectivity index (χ2v) is 7.64. The zero-order chi connectivity index (χ0) is 22.8. The standard InChI is InChI=1S/C25H21N3O4/c1-16-6-3-4-9-22(16)27(25(30)18-10-12-21(13-11-18)28(31)32)15-20-14-19-8-5-7-17(2)23(19)26-24(20)29/h3-14H,15H2,1-2H3,(H,26,29). The minimum atomic E-state index is -0.510. The molecule has 0 saturated carbocycles. The highest BCUT2D eigenvalue weighted by Gasteiger charge is 2.22. The first kappa shape index (κ1) is 21.0. The molecule has 0 fully saturated rings. The summed E-state index contributed by atoms with van der Waals surface area (Å²) in [5, 5.41) is 11.8. The number of para-hydroxylation sites is 2. The number of carbonyl (C=O) groups is 1. The van der Waals surface area contributed by atoms with Gasteiger partial charge in [0.25, 0.3) is 17.2 Å². The number of H-pyrrole nitrogens is 1. The molecule has 4 aromatic rings. The quantitative estimate of drug-likeness (QED) is 0.362. The van der Waals surface area contributed by atoms with E-state index in [1.807, 2.05) is 56.3 Å². The van der Waals surface area contributed by atoms with Crippen LogP contribution in [0.4, 0.5) is 11.4 Å². The van der Waals surface area contributed by atoms with Gasteiger partial charge >= 0.3 is 0 Å². The van der Waals surface area contributed by atoms with E-state index in [9.17, 15) is 19.7 Å². The third-order valence-electron chi connectivity index (χ3n) is 5.47. The Kier molecular flexibility index (Phi) is 5.55. The molecule has 0 bridgehead atoms. The van der Waals surface area contributed by atoms with Crippen molar-refractivity contribution < 1.29 is 9.72 Å². The molecule has 0 saturated heterocycles. The van der Waals surface area contributed by atoms with Crippen LogP contribution in [0.5, 0.6) is 0 Å². The van der Waals surface area contributed by atoms with Gasteiger partial charge in [-0.3, -0.25) is 19.7 Å². The summed E-state index contributed by atoms with van der Waals surface area (Å²) in [5.41, 5.74) is 3.66. The van der Waals surface area contributed by atoms with Crippen molar-refractivity contribution in [1.29, 1.82) is 0 Å². The fourth-order valence-electron chi connectivity index (χ4n) is 3.73. The van der Waals surface area contributed by atoms with Crippen molar-refractivity contribution in [2.45, 2.75) is 20.4 Å². The highest BCUT2D eigenvalue weighted by molar-refractivity contribution is 6.06. The number of non-ortho nitro benzene ring substituents is 1. The third kappa shape index (κ3) is 4.00. The Labute approximate surface area is 184 Å². The monoisotopic (exact) mass is 427 g/mol. The van der Waals surface area contributed by atoms with Gasteiger partial charge in [0.2, 0.25) is 0 Å². The molecule has 3 aromatic carbocycles. The molecule has 0 aliphatic heterocycles. The van der Waals surface area contributed by atoms with E-state index in [0.717, 1.165) is 22.0 Å². The van der Waals surface area contributed by atoms with Crippen LogP contribution >= 0.6 is 0 Å². The van der Waals surface area contributed by atoms with Crippen LogP contribution in [0.25, 0.3) is 10.9 Å². The number of hydrogen-bond acceptors (Lipinski definition) is 4. The number of nitro groups is 1. The molecule has 1 aromatic heterocycles. The third-order valence-corrected chi connectivity index (χ3v) is 5.47. The average molecular weight is 427 g/mol. The van der Waals surface area contributed by atoms with Crippen LogP contribution in [0, 0.1) is 24.0 Å². The van der Waals surface area contributed by atoms with Gasteiger partial charge in [-0.05, 0) is 54.6 Å². The zero-order valence-corrected chi connectivity index (χ0v) is 17.7. The number of hydrogen-bond donors (Lipinski definition) is 1. The molecule has 0 atom stereocenters. The molecule has 1 N–H and O–H groups in total. The van der Waals surface area contributed by atoms with E-state index in [1.165, 1.54) is 29.2 Å². The number of aromatic amines is 1. The summed E-state index contributed by atoms with van der Waals surface area (Å²) >= 11 is 0. The van der Waals surface area contributed by atoms with Crippen molar-refractivity contribution in [3.05, 3.63) is 116 Å². The fourth-order valence-corrected chi connectivity index (χ4v) is 3.73. The maximum absolute atomic E-state index is 13.5. The number of carbonyl (C=O) groups excluding carboxylic acids is 1. The topological polar surface area (TPSA) is 96.3 Å². The van der Waals surface area contributed by atoms with Gasteiger partial charge in [0, 0.05) is 28.9 Å². The molecule has 0 unspecified atom stereocenters. The lowest BCUT2D eigenvalue weighted by Gasteiger charge is -2.24. The largest absolute Gasteiger partial charge is 0.321 e. The van der Waals surface area contributed by atoms with Gasteiger partial charge in [-0.25, -0.2) is 0 Å². The van der Waals surface area contributed by atoms with Gasteiger partial charge in [-0.2, -0.15) is 0 Å². The lowest BCUT2D eigenvalue weighted by atomic mass is 10.1. The molecule has 32 heavy (non-hydrogen) atoms. The first-order valence-electron chi connectivity index (χ1n) is 10.1. The second kappa shape index (κ2) is 8.47. The summed E-state index contributed by atoms with van der Waals surface area (Å²) in [6.07, 6.45) is 0. The molecular weight excluding hydrogens is 406 g/mol. The molecule has 0 radical (unpaired) electrons. The van der Waals surface area contributed by atoms with Crippen molar-refractivity contribution in [2.75, 3.05) is 4.90 Å². The lowest BCUT2D eigenvalue weighted by molar-refractivity contribution is -0.384. The van der Waals surface area contributed by atoms with Gasteiger partial charge in [0.05, 0.1) is 17.0 Å². The van der Waals surface area contributed by atoms with Crippen molar-refractivity contribution in [2.24, 2.45) is 0 Å². The Morgan fingerprint density at radius 2 is 1.66 bits per heavy atom. The first-order chi connectivity index (χ1) is 15.3. The number of aryl methyl sites for hydroxylation is 2. The molecule has 160 valence electrons. The van der Waals surface area contributed by atoms with Crippen LogP contribution < -0.4 is 10.5 Å². The number of anilines is 1. The summed E-state index contributed by atoms with van der Waals surface area (Å²) in [6.45, 7) is 3.87. The summed E-state index contributed by atoms with van der Waals surface area (Å²) in [6, 6.07) is 20.4. The number of benzene rings is 3. The van der Waals surface area contributed by atoms with Crippen LogP contribution in [-0.4, -0.2) is 15.8 Å². The molecule has 1 amide bonds. The summed E-state index contributed by atoms with van der Waals surface area (Å²) in [7, 11) is 0. The van der Waals surface area contributed by atoms with Crippen molar-refractivity contribution in [1.82, 2.24) is 4.98 Å². The van der Waals surface area contributed by atoms with E-state index in [-0.39, 0.29) is 23.7 Å². The van der Waals surface area contributed by atoms with Crippen LogP contribution in [0.15, 0.2) is 77.6 Å². The molecule has 1 heterocycles. The number of amides is 1. The van der Waals surface area contributed by atoms with Crippen LogP contribution in [0.1, 0.15) is 27.0 Å². The SMILES string of the molecule is Cc1ccccc1N(Cc1cc2cccc(C)c2[nH]c1=O)C(=O)c1ccc([N+](=O)[O-])cc1. The number of pyridine rings is 1. The summed E-state index contributed by atoms with van der Waals surface area (Å²) < 4.78 is 0. The average Bonchev–Trinajstić information content (AvgIpc) is 2.78. The normalized spacial score (nSPS) is 10.8. The number of aromatic nitrogens is 1. The molecule has 7 nitrogen and oxygen atoms in total. The van der Waals surface area contributed by atoms with Gasteiger partial charge in [0.1, 0.15) is 0 Å². The Bertz CT molecular complexity index is 1390. The fraction of sp³-hybridized carbons (Fsp3) is 0.120. The van der Waals surface area contributed by atoms with Crippen molar-refractivity contribution >= 4 is 28.2 Å². The van der Waals surface area contributed by atoms with Gasteiger partial charge in [-0.1, -0.05) is 36.4 Å². The summed E-state index contributed by atoms with van der Waals surface area (Å²) in [5.74, 6) is -0.349. The van der Waals surface area contributed by atoms with E-state index < -0.39 is 4.92 Å². The Balaban J connectivity index is 1.79. The van der Waals surface area contributed by atoms with Crippen LogP contribution in [0.2, 0.25) is 0 Å². The van der Waals surface area contributed by atoms with Crippen molar-refractivity contribution in [3.63, 3.8) is 0 Å². The molecule has 0 spiro atoms. The number of fused-ring (bicyclic) bond motifs is 1. The van der Waals surface area contributed by atoms with E-state index in [0.29, 0.717) is 16.8 Å². The second-order valence-electron chi connectivity index (χ2n) is 7.64. The highest BCUT2D eigenvalue weighted by Crippen LogP contribution is 2.25.